The van der Waals surface area contributed by atoms with E-state index in [0.717, 1.165) is 16.9 Å². The van der Waals surface area contributed by atoms with E-state index in [1.165, 1.54) is 0 Å². The molecule has 0 fully saturated rings. The van der Waals surface area contributed by atoms with Crippen molar-refractivity contribution >= 4 is 11.5 Å². The molecule has 0 aliphatic heterocycles. The summed E-state index contributed by atoms with van der Waals surface area (Å²) in [7, 11) is 0. The molecule has 0 saturated carbocycles. The molecule has 0 aliphatic carbocycles. The number of aromatic nitrogens is 3. The first kappa shape index (κ1) is 22.1. The lowest BCUT2D eigenvalue weighted by Crippen LogP contribution is -2.12. The highest BCUT2D eigenvalue weighted by Gasteiger charge is 2.20. The summed E-state index contributed by atoms with van der Waals surface area (Å²) in [6.45, 7) is 8.47. The van der Waals surface area contributed by atoms with Crippen molar-refractivity contribution in [3.05, 3.63) is 95.8 Å². The van der Waals surface area contributed by atoms with Crippen LogP contribution in [-0.2, 0) is 5.41 Å². The Balaban J connectivity index is 1.64. The number of hydrogen-bond acceptors (Lipinski definition) is 5. The molecule has 0 amide bonds. The molecule has 4 aromatic rings. The first-order valence-corrected chi connectivity index (χ1v) is 10.9. The Morgan fingerprint density at radius 2 is 1.73 bits per heavy atom. The van der Waals surface area contributed by atoms with Crippen molar-refractivity contribution in [1.29, 1.82) is 5.26 Å². The number of benzene rings is 2. The van der Waals surface area contributed by atoms with Crippen LogP contribution in [0.15, 0.2) is 79.0 Å². The first-order chi connectivity index (χ1) is 15.9. The smallest absolute Gasteiger partial charge is 0.243 e. The molecule has 0 radical (unpaired) electrons. The van der Waals surface area contributed by atoms with E-state index in [-0.39, 0.29) is 11.5 Å². The van der Waals surface area contributed by atoms with Gasteiger partial charge in [-0.05, 0) is 36.1 Å². The molecule has 1 unspecified atom stereocenters. The molecule has 2 heterocycles. The second-order valence-electron chi connectivity index (χ2n) is 8.89. The third-order valence-electron chi connectivity index (χ3n) is 5.43. The topological polar surface area (TPSA) is 75.8 Å². The van der Waals surface area contributed by atoms with Crippen LogP contribution in [0, 0.1) is 11.3 Å². The van der Waals surface area contributed by atoms with Crippen LogP contribution < -0.4 is 10.1 Å². The molecule has 1 N–H and O–H groups in total. The second-order valence-corrected chi connectivity index (χ2v) is 8.89. The fourth-order valence-electron chi connectivity index (χ4n) is 3.69. The highest BCUT2D eigenvalue weighted by Crippen LogP contribution is 2.36. The van der Waals surface area contributed by atoms with Crippen LogP contribution in [0.3, 0.4) is 0 Å². The lowest BCUT2D eigenvalue weighted by molar-refractivity contribution is 0.442. The molecule has 2 aromatic carbocycles. The van der Waals surface area contributed by atoms with E-state index in [4.69, 9.17) is 4.74 Å². The minimum atomic E-state index is -0.0836. The van der Waals surface area contributed by atoms with Gasteiger partial charge in [-0.15, -0.1) is 0 Å². The van der Waals surface area contributed by atoms with Gasteiger partial charge in [-0.25, -0.2) is 9.67 Å². The van der Waals surface area contributed by atoms with Crippen LogP contribution >= 0.6 is 0 Å². The lowest BCUT2D eigenvalue weighted by atomic mass is 9.86. The van der Waals surface area contributed by atoms with Crippen LogP contribution in [0.4, 0.5) is 11.5 Å². The molecule has 0 aliphatic rings. The van der Waals surface area contributed by atoms with Gasteiger partial charge in [-0.1, -0.05) is 69.3 Å². The summed E-state index contributed by atoms with van der Waals surface area (Å²) < 4.78 is 7.97. The third kappa shape index (κ3) is 4.88. The van der Waals surface area contributed by atoms with Crippen LogP contribution in [0.5, 0.6) is 11.6 Å². The molecule has 33 heavy (non-hydrogen) atoms. The summed E-state index contributed by atoms with van der Waals surface area (Å²) in [5.74, 6) is 1.75. The van der Waals surface area contributed by atoms with Gasteiger partial charge in [0.1, 0.15) is 23.2 Å². The van der Waals surface area contributed by atoms with Gasteiger partial charge >= 0.3 is 0 Å². The van der Waals surface area contributed by atoms with Crippen LogP contribution in [-0.4, -0.2) is 14.8 Å². The van der Waals surface area contributed by atoms with Crippen molar-refractivity contribution in [1.82, 2.24) is 14.8 Å². The lowest BCUT2D eigenvalue weighted by Gasteiger charge is -2.22. The van der Waals surface area contributed by atoms with Gasteiger partial charge < -0.3 is 10.1 Å². The quantitative estimate of drug-likeness (QED) is 0.368. The SMILES string of the molecule is CC(c1ccccc1)n1nc(Nc2cccnc2Oc2ccccc2C(C)(C)C)cc1C#N. The van der Waals surface area contributed by atoms with Gasteiger partial charge in [0.05, 0.1) is 6.04 Å². The van der Waals surface area contributed by atoms with Crippen molar-refractivity contribution in [3.8, 4) is 17.7 Å². The number of nitrogens with one attached hydrogen (secondary N) is 1. The molecule has 0 saturated heterocycles. The summed E-state index contributed by atoms with van der Waals surface area (Å²) in [4.78, 5) is 4.44. The molecular formula is C27H27N5O. The fourth-order valence-corrected chi connectivity index (χ4v) is 3.69. The number of anilines is 2. The predicted octanol–water partition coefficient (Wildman–Crippen LogP) is 6.59. The zero-order valence-electron chi connectivity index (χ0n) is 19.3. The van der Waals surface area contributed by atoms with E-state index in [1.54, 1.807) is 16.9 Å². The largest absolute Gasteiger partial charge is 0.437 e. The van der Waals surface area contributed by atoms with Crippen LogP contribution in [0.25, 0.3) is 0 Å². The number of nitriles is 1. The van der Waals surface area contributed by atoms with Crippen molar-refractivity contribution in [2.45, 2.75) is 39.2 Å². The standard InChI is InChI=1S/C27H27N5O/c1-19(20-11-6-5-7-12-20)32-21(18-28)17-25(31-32)30-23-14-10-16-29-26(23)33-24-15-9-8-13-22(24)27(2,3)4/h5-17,19H,1-4H3,(H,30,31). The van der Waals surface area contributed by atoms with Crippen LogP contribution in [0.1, 0.15) is 50.6 Å². The highest BCUT2D eigenvalue weighted by atomic mass is 16.5. The van der Waals surface area contributed by atoms with Gasteiger partial charge in [0, 0.05) is 17.8 Å². The molecule has 0 bridgehead atoms. The number of para-hydroxylation sites is 1. The van der Waals surface area contributed by atoms with Crippen molar-refractivity contribution in [2.24, 2.45) is 0 Å². The van der Waals surface area contributed by atoms with Crippen molar-refractivity contribution in [3.63, 3.8) is 0 Å². The van der Waals surface area contributed by atoms with E-state index < -0.39 is 0 Å². The minimum absolute atomic E-state index is 0.0764. The van der Waals surface area contributed by atoms with E-state index in [2.05, 4.69) is 48.3 Å². The maximum absolute atomic E-state index is 9.67. The van der Waals surface area contributed by atoms with Gasteiger partial charge in [0.15, 0.2) is 5.82 Å². The maximum Gasteiger partial charge on any atom is 0.243 e. The highest BCUT2D eigenvalue weighted by molar-refractivity contribution is 5.63. The second kappa shape index (κ2) is 9.17. The number of pyridine rings is 1. The molecule has 0 spiro atoms. The summed E-state index contributed by atoms with van der Waals surface area (Å²) in [5.41, 5.74) is 3.23. The molecule has 1 atom stereocenters. The number of ether oxygens (including phenoxy) is 1. The van der Waals surface area contributed by atoms with E-state index >= 15 is 0 Å². The van der Waals surface area contributed by atoms with Gasteiger partial charge in [-0.2, -0.15) is 10.4 Å². The summed E-state index contributed by atoms with van der Waals surface area (Å²) in [5, 5.41) is 17.6. The Bertz CT molecular complexity index is 1280. The Morgan fingerprint density at radius 1 is 1.00 bits per heavy atom. The summed E-state index contributed by atoms with van der Waals surface area (Å²) in [6.07, 6.45) is 1.69. The zero-order chi connectivity index (χ0) is 23.4. The monoisotopic (exact) mass is 437 g/mol. The summed E-state index contributed by atoms with van der Waals surface area (Å²) >= 11 is 0. The zero-order valence-corrected chi connectivity index (χ0v) is 19.3. The first-order valence-electron chi connectivity index (χ1n) is 10.9. The molecular weight excluding hydrogens is 410 g/mol. The molecule has 4 rings (SSSR count). The van der Waals surface area contributed by atoms with Crippen molar-refractivity contribution in [2.75, 3.05) is 5.32 Å². The molecule has 166 valence electrons. The van der Waals surface area contributed by atoms with E-state index in [9.17, 15) is 5.26 Å². The Hall–Kier alpha value is -4.11. The minimum Gasteiger partial charge on any atom is -0.437 e. The normalized spacial score (nSPS) is 12.1. The average Bonchev–Trinajstić information content (AvgIpc) is 3.23. The number of nitrogens with zero attached hydrogens (tertiary/aromatic N) is 4. The Labute approximate surface area is 194 Å². The predicted molar refractivity (Wildman–Crippen MR) is 130 cm³/mol. The van der Waals surface area contributed by atoms with Gasteiger partial charge in [0.2, 0.25) is 5.88 Å². The Kier molecular flexibility index (Phi) is 6.14. The molecule has 6 nitrogen and oxygen atoms in total. The van der Waals surface area contributed by atoms with E-state index in [1.807, 2.05) is 67.6 Å². The number of hydrogen-bond donors (Lipinski definition) is 1. The third-order valence-corrected chi connectivity index (χ3v) is 5.43. The average molecular weight is 438 g/mol. The molecule has 6 heteroatoms. The fraction of sp³-hybridized carbons (Fsp3) is 0.222. The Morgan fingerprint density at radius 3 is 2.45 bits per heavy atom. The summed E-state index contributed by atoms with van der Waals surface area (Å²) in [6, 6.07) is 25.6. The maximum atomic E-state index is 9.67. The van der Waals surface area contributed by atoms with Gasteiger partial charge in [-0.3, -0.25) is 0 Å². The number of rotatable bonds is 6. The van der Waals surface area contributed by atoms with Crippen LogP contribution in [0.2, 0.25) is 0 Å². The molecule has 2 aromatic heterocycles. The van der Waals surface area contributed by atoms with E-state index in [0.29, 0.717) is 23.1 Å². The van der Waals surface area contributed by atoms with Gasteiger partial charge in [0.25, 0.3) is 0 Å². The van der Waals surface area contributed by atoms with Crippen molar-refractivity contribution < 1.29 is 4.74 Å².